The van der Waals surface area contributed by atoms with Crippen molar-refractivity contribution in [1.82, 2.24) is 20.0 Å². The molecule has 7 nitrogen and oxygen atoms in total. The highest BCUT2D eigenvalue weighted by molar-refractivity contribution is 14.0. The van der Waals surface area contributed by atoms with Gasteiger partial charge < -0.3 is 19.9 Å². The van der Waals surface area contributed by atoms with Crippen LogP contribution in [0.5, 0.6) is 5.75 Å². The number of piperazine rings is 1. The van der Waals surface area contributed by atoms with E-state index in [4.69, 9.17) is 4.74 Å². The molecule has 9 heteroatoms. The van der Waals surface area contributed by atoms with Crippen LogP contribution in [0.2, 0.25) is 0 Å². The first kappa shape index (κ1) is 25.6. The highest BCUT2D eigenvalue weighted by atomic mass is 127. The Kier molecular flexibility index (Phi) is 10.3. The Morgan fingerprint density at radius 3 is 2.35 bits per heavy atom. The molecule has 3 rings (SSSR count). The van der Waals surface area contributed by atoms with E-state index in [1.54, 1.807) is 25.2 Å². The van der Waals surface area contributed by atoms with E-state index in [1.807, 2.05) is 18.7 Å². The second-order valence-electron chi connectivity index (χ2n) is 8.02. The fraction of sp³-hybridized carbons (Fsp3) is 0.636. The molecule has 2 saturated heterocycles. The Balaban J connectivity index is 0.00000341. The first-order valence-corrected chi connectivity index (χ1v) is 10.9. The molecule has 0 aromatic heterocycles. The van der Waals surface area contributed by atoms with Gasteiger partial charge in [0.2, 0.25) is 5.91 Å². The molecule has 2 fully saturated rings. The van der Waals surface area contributed by atoms with Crippen LogP contribution in [0.3, 0.4) is 0 Å². The number of hydrogen-bond donors (Lipinski definition) is 1. The summed E-state index contributed by atoms with van der Waals surface area (Å²) in [6, 6.07) is 6.35. The van der Waals surface area contributed by atoms with Crippen molar-refractivity contribution in [2.45, 2.75) is 38.8 Å². The Morgan fingerprint density at radius 2 is 1.74 bits per heavy atom. The number of halogens is 2. The Bertz CT molecular complexity index is 736. The molecule has 0 spiro atoms. The molecule has 1 aromatic rings. The van der Waals surface area contributed by atoms with Crippen LogP contribution in [0.25, 0.3) is 0 Å². The van der Waals surface area contributed by atoms with E-state index in [0.29, 0.717) is 6.54 Å². The van der Waals surface area contributed by atoms with E-state index < -0.39 is 0 Å². The van der Waals surface area contributed by atoms with E-state index in [2.05, 4.69) is 20.1 Å². The molecule has 2 heterocycles. The molecule has 174 valence electrons. The van der Waals surface area contributed by atoms with Crippen LogP contribution >= 0.6 is 24.0 Å². The van der Waals surface area contributed by atoms with Gasteiger partial charge in [0, 0.05) is 46.3 Å². The van der Waals surface area contributed by atoms with E-state index in [1.165, 1.54) is 6.07 Å². The molecule has 1 amide bonds. The van der Waals surface area contributed by atoms with E-state index in [-0.39, 0.29) is 53.6 Å². The molecule has 2 aliphatic heterocycles. The Hall–Kier alpha value is -1.62. The van der Waals surface area contributed by atoms with Gasteiger partial charge in [-0.05, 0) is 38.8 Å². The molecular weight excluding hydrogens is 512 g/mol. The zero-order valence-electron chi connectivity index (χ0n) is 18.7. The maximum absolute atomic E-state index is 13.8. The molecule has 2 unspecified atom stereocenters. The third-order valence-electron chi connectivity index (χ3n) is 5.86. The maximum Gasteiger partial charge on any atom is 0.239 e. The lowest BCUT2D eigenvalue weighted by Gasteiger charge is -2.39. The van der Waals surface area contributed by atoms with Gasteiger partial charge in [-0.1, -0.05) is 12.1 Å². The number of hydrogen-bond acceptors (Lipinski definition) is 4. The Morgan fingerprint density at radius 1 is 1.10 bits per heavy atom. The summed E-state index contributed by atoms with van der Waals surface area (Å²) in [5, 5.41) is 3.32. The number of carbonyl (C=O) groups is 1. The highest BCUT2D eigenvalue weighted by Crippen LogP contribution is 2.17. The summed E-state index contributed by atoms with van der Waals surface area (Å²) >= 11 is 0. The van der Waals surface area contributed by atoms with Crippen LogP contribution in [-0.4, -0.2) is 91.6 Å². The Labute approximate surface area is 202 Å². The number of nitrogens with zero attached hydrogens (tertiary/aromatic N) is 4. The van der Waals surface area contributed by atoms with Crippen molar-refractivity contribution in [2.24, 2.45) is 4.99 Å². The number of para-hydroxylation sites is 1. The number of carbonyl (C=O) groups excluding carboxylic acids is 1. The van der Waals surface area contributed by atoms with Crippen molar-refractivity contribution in [3.63, 3.8) is 0 Å². The van der Waals surface area contributed by atoms with Gasteiger partial charge in [0.15, 0.2) is 17.5 Å². The summed E-state index contributed by atoms with van der Waals surface area (Å²) in [5.41, 5.74) is 0. The van der Waals surface area contributed by atoms with Gasteiger partial charge >= 0.3 is 0 Å². The molecule has 0 saturated carbocycles. The molecule has 0 bridgehead atoms. The number of rotatable bonds is 6. The number of guanidine groups is 1. The lowest BCUT2D eigenvalue weighted by atomic mass is 10.2. The average Bonchev–Trinajstić information content (AvgIpc) is 3.30. The molecule has 2 aliphatic rings. The van der Waals surface area contributed by atoms with Crippen LogP contribution in [0.15, 0.2) is 29.3 Å². The quantitative estimate of drug-likeness (QED) is 0.337. The van der Waals surface area contributed by atoms with Crippen LogP contribution in [0.1, 0.15) is 26.7 Å². The summed E-state index contributed by atoms with van der Waals surface area (Å²) < 4.78 is 19.4. The smallest absolute Gasteiger partial charge is 0.239 e. The fourth-order valence-electron chi connectivity index (χ4n) is 4.04. The minimum Gasteiger partial charge on any atom is -0.486 e. The predicted molar refractivity (Wildman–Crippen MR) is 132 cm³/mol. The van der Waals surface area contributed by atoms with Crippen molar-refractivity contribution >= 4 is 35.8 Å². The minimum absolute atomic E-state index is 0. The third kappa shape index (κ3) is 6.93. The number of likely N-dealkylation sites (tertiary alicyclic amines) is 1. The molecule has 31 heavy (non-hydrogen) atoms. The van der Waals surface area contributed by atoms with E-state index in [9.17, 15) is 9.18 Å². The van der Waals surface area contributed by atoms with Crippen molar-refractivity contribution in [3.8, 4) is 5.75 Å². The lowest BCUT2D eigenvalue weighted by molar-refractivity contribution is -0.135. The molecule has 1 N–H and O–H groups in total. The fourth-order valence-corrected chi connectivity index (χ4v) is 4.04. The number of aliphatic imine (C=N–C) groups is 1. The van der Waals surface area contributed by atoms with Crippen molar-refractivity contribution in [2.75, 3.05) is 52.9 Å². The SMILES string of the molecule is CN=C(NCC(C)Oc1ccccc1F)N1CCN(C(C)C(=O)N2CCCC2)CC1.I. The van der Waals surface area contributed by atoms with Crippen LogP contribution in [0.4, 0.5) is 4.39 Å². The summed E-state index contributed by atoms with van der Waals surface area (Å²) in [5.74, 6) is 0.953. The van der Waals surface area contributed by atoms with Crippen LogP contribution in [0, 0.1) is 5.82 Å². The van der Waals surface area contributed by atoms with Gasteiger partial charge in [-0.15, -0.1) is 24.0 Å². The summed E-state index contributed by atoms with van der Waals surface area (Å²) in [7, 11) is 1.76. The largest absolute Gasteiger partial charge is 0.486 e. The second-order valence-corrected chi connectivity index (χ2v) is 8.02. The normalized spacial score (nSPS) is 19.5. The van der Waals surface area contributed by atoms with E-state index >= 15 is 0 Å². The summed E-state index contributed by atoms with van der Waals surface area (Å²) in [6.45, 7) is 9.48. The molecule has 0 aliphatic carbocycles. The van der Waals surface area contributed by atoms with Gasteiger partial charge in [0.25, 0.3) is 0 Å². The lowest BCUT2D eigenvalue weighted by Crippen LogP contribution is -2.57. The third-order valence-corrected chi connectivity index (χ3v) is 5.86. The van der Waals surface area contributed by atoms with Gasteiger partial charge in [-0.25, -0.2) is 4.39 Å². The van der Waals surface area contributed by atoms with Crippen molar-refractivity contribution < 1.29 is 13.9 Å². The topological polar surface area (TPSA) is 60.4 Å². The standard InChI is InChI=1S/C22H34FN5O2.HI/c1-17(30-20-9-5-4-8-19(20)23)16-25-22(24-3)28-14-12-26(13-15-28)18(2)21(29)27-10-6-7-11-27;/h4-5,8-9,17-18H,6-7,10-16H2,1-3H3,(H,24,25);1H. The first-order valence-electron chi connectivity index (χ1n) is 10.9. The maximum atomic E-state index is 13.8. The van der Waals surface area contributed by atoms with Crippen molar-refractivity contribution in [1.29, 1.82) is 0 Å². The highest BCUT2D eigenvalue weighted by Gasteiger charge is 2.30. The van der Waals surface area contributed by atoms with Gasteiger partial charge in [-0.3, -0.25) is 14.7 Å². The average molecular weight is 547 g/mol. The second kappa shape index (κ2) is 12.4. The van der Waals surface area contributed by atoms with E-state index in [0.717, 1.165) is 58.1 Å². The molecular formula is C22H35FIN5O2. The number of amides is 1. The van der Waals surface area contributed by atoms with Crippen LogP contribution < -0.4 is 10.1 Å². The monoisotopic (exact) mass is 547 g/mol. The summed E-state index contributed by atoms with van der Waals surface area (Å²) in [6.07, 6.45) is 2.03. The number of nitrogens with one attached hydrogen (secondary N) is 1. The van der Waals surface area contributed by atoms with Crippen molar-refractivity contribution in [3.05, 3.63) is 30.1 Å². The number of ether oxygens (including phenoxy) is 1. The summed E-state index contributed by atoms with van der Waals surface area (Å²) in [4.78, 5) is 23.5. The van der Waals surface area contributed by atoms with Gasteiger partial charge in [0.05, 0.1) is 12.6 Å². The van der Waals surface area contributed by atoms with Gasteiger partial charge in [-0.2, -0.15) is 0 Å². The first-order chi connectivity index (χ1) is 14.5. The molecule has 1 aromatic carbocycles. The number of benzene rings is 1. The molecule has 0 radical (unpaired) electrons. The zero-order chi connectivity index (χ0) is 21.5. The van der Waals surface area contributed by atoms with Gasteiger partial charge in [0.1, 0.15) is 6.10 Å². The molecule has 2 atom stereocenters. The minimum atomic E-state index is -0.359. The zero-order valence-corrected chi connectivity index (χ0v) is 21.0. The van der Waals surface area contributed by atoms with Crippen LogP contribution in [-0.2, 0) is 4.79 Å². The predicted octanol–water partition coefficient (Wildman–Crippen LogP) is 2.41.